The Morgan fingerprint density at radius 2 is 1.79 bits per heavy atom. The number of rotatable bonds is 2. The van der Waals surface area contributed by atoms with Crippen LogP contribution in [0.5, 0.6) is 0 Å². The smallest absolute Gasteiger partial charge is 0.194 e. The molecule has 2 aromatic rings. The van der Waals surface area contributed by atoms with Crippen LogP contribution >= 0.6 is 12.2 Å². The van der Waals surface area contributed by atoms with E-state index in [1.54, 1.807) is 6.92 Å². The number of aryl methyl sites for hydroxylation is 1. The Balaban J connectivity index is 2.71. The molecule has 0 fully saturated rings. The monoisotopic (exact) mass is 284 g/mol. The van der Waals surface area contributed by atoms with Crippen LogP contribution in [0.15, 0.2) is 12.1 Å². The Morgan fingerprint density at radius 1 is 1.21 bits per heavy atom. The molecular weight excluding hydrogens is 273 g/mol. The molecule has 0 saturated carbocycles. The third-order valence-electron chi connectivity index (χ3n) is 2.81. The Labute approximate surface area is 113 Å². The molecule has 0 aliphatic rings. The number of nitrogens with zero attached hydrogens (tertiary/aromatic N) is 1. The molecule has 100 valence electrons. The first kappa shape index (κ1) is 13.7. The zero-order chi connectivity index (χ0) is 14.2. The lowest BCUT2D eigenvalue weighted by Gasteiger charge is -2.09. The van der Waals surface area contributed by atoms with Gasteiger partial charge in [0.1, 0.15) is 10.5 Å². The summed E-state index contributed by atoms with van der Waals surface area (Å²) in [4.78, 5) is 7.10. The van der Waals surface area contributed by atoms with Crippen LogP contribution < -0.4 is 0 Å². The van der Waals surface area contributed by atoms with Crippen molar-refractivity contribution in [2.24, 2.45) is 0 Å². The third-order valence-corrected chi connectivity index (χ3v) is 3.21. The molecule has 0 saturated heterocycles. The van der Waals surface area contributed by atoms with Gasteiger partial charge in [0.15, 0.2) is 17.5 Å². The standard InChI is InChI=1S/C13H11F3N2S/c1-3-10-17-12(6(2)13(19)18-10)7-4-8(14)11(16)9(15)5-7/h4-5H,3H2,1-2H3,(H,17,18,19). The van der Waals surface area contributed by atoms with E-state index in [2.05, 4.69) is 9.97 Å². The van der Waals surface area contributed by atoms with E-state index in [1.165, 1.54) is 0 Å². The normalized spacial score (nSPS) is 10.8. The maximum absolute atomic E-state index is 13.3. The minimum Gasteiger partial charge on any atom is -0.343 e. The Kier molecular flexibility index (Phi) is 3.71. The summed E-state index contributed by atoms with van der Waals surface area (Å²) in [5, 5.41) is 0. The van der Waals surface area contributed by atoms with E-state index in [0.29, 0.717) is 28.1 Å². The van der Waals surface area contributed by atoms with Crippen LogP contribution in [0.2, 0.25) is 0 Å². The van der Waals surface area contributed by atoms with Gasteiger partial charge < -0.3 is 4.98 Å². The van der Waals surface area contributed by atoms with Gasteiger partial charge >= 0.3 is 0 Å². The summed E-state index contributed by atoms with van der Waals surface area (Å²) >= 11 is 5.09. The van der Waals surface area contributed by atoms with Crippen LogP contribution in [0.3, 0.4) is 0 Å². The number of benzene rings is 1. The van der Waals surface area contributed by atoms with Gasteiger partial charge in [0.25, 0.3) is 0 Å². The van der Waals surface area contributed by atoms with Gasteiger partial charge in [0.05, 0.1) is 5.69 Å². The van der Waals surface area contributed by atoms with Crippen molar-refractivity contribution in [2.45, 2.75) is 20.3 Å². The second kappa shape index (κ2) is 5.13. The van der Waals surface area contributed by atoms with Gasteiger partial charge in [-0.2, -0.15) is 0 Å². The first-order valence-corrected chi connectivity index (χ1v) is 6.09. The zero-order valence-corrected chi connectivity index (χ0v) is 11.2. The zero-order valence-electron chi connectivity index (χ0n) is 10.4. The number of aromatic amines is 1. The van der Waals surface area contributed by atoms with Gasteiger partial charge in [-0.15, -0.1) is 0 Å². The van der Waals surface area contributed by atoms with Crippen LogP contribution in [-0.2, 0) is 6.42 Å². The number of H-pyrrole nitrogens is 1. The fourth-order valence-electron chi connectivity index (χ4n) is 1.74. The molecule has 0 aliphatic carbocycles. The largest absolute Gasteiger partial charge is 0.343 e. The maximum Gasteiger partial charge on any atom is 0.194 e. The molecule has 1 N–H and O–H groups in total. The molecule has 2 nitrogen and oxygen atoms in total. The highest BCUT2D eigenvalue weighted by atomic mass is 32.1. The fraction of sp³-hybridized carbons (Fsp3) is 0.231. The molecule has 1 aromatic heterocycles. The second-order valence-electron chi connectivity index (χ2n) is 4.10. The van der Waals surface area contributed by atoms with Crippen molar-refractivity contribution in [1.29, 1.82) is 0 Å². The molecule has 0 unspecified atom stereocenters. The summed E-state index contributed by atoms with van der Waals surface area (Å²) in [6.07, 6.45) is 0.600. The van der Waals surface area contributed by atoms with Crippen LogP contribution in [0.1, 0.15) is 18.3 Å². The predicted octanol–water partition coefficient (Wildman–Crippen LogP) is 4.09. The predicted molar refractivity (Wildman–Crippen MR) is 68.8 cm³/mol. The Bertz CT molecular complexity index is 672. The number of halogens is 3. The molecule has 2 rings (SSSR count). The summed E-state index contributed by atoms with van der Waals surface area (Å²) in [6.45, 7) is 3.57. The minimum absolute atomic E-state index is 0.206. The number of aromatic nitrogens is 2. The Morgan fingerprint density at radius 3 is 2.32 bits per heavy atom. The van der Waals surface area contributed by atoms with E-state index in [-0.39, 0.29) is 5.56 Å². The molecule has 0 bridgehead atoms. The molecule has 1 heterocycles. The van der Waals surface area contributed by atoms with Gasteiger partial charge in [-0.3, -0.25) is 0 Å². The minimum atomic E-state index is -1.48. The van der Waals surface area contributed by atoms with E-state index in [9.17, 15) is 13.2 Å². The summed E-state index contributed by atoms with van der Waals surface area (Å²) < 4.78 is 39.9. The Hall–Kier alpha value is -1.69. The van der Waals surface area contributed by atoms with Crippen LogP contribution in [0.25, 0.3) is 11.3 Å². The number of nitrogens with one attached hydrogen (secondary N) is 1. The SMILES string of the molecule is CCc1nc(=S)c(C)c(-c2cc(F)c(F)c(F)c2)[nH]1. The van der Waals surface area contributed by atoms with E-state index in [1.807, 2.05) is 6.92 Å². The van der Waals surface area contributed by atoms with Crippen molar-refractivity contribution in [1.82, 2.24) is 9.97 Å². The molecule has 0 atom stereocenters. The number of hydrogen-bond acceptors (Lipinski definition) is 2. The van der Waals surface area contributed by atoms with Crippen molar-refractivity contribution in [3.8, 4) is 11.3 Å². The third kappa shape index (κ3) is 2.53. The topological polar surface area (TPSA) is 28.7 Å². The average molecular weight is 284 g/mol. The highest BCUT2D eigenvalue weighted by Gasteiger charge is 2.14. The van der Waals surface area contributed by atoms with E-state index in [0.717, 1.165) is 12.1 Å². The molecule has 6 heteroatoms. The summed E-state index contributed by atoms with van der Waals surface area (Å²) in [7, 11) is 0. The molecule has 0 aliphatic heterocycles. The van der Waals surface area contributed by atoms with Crippen molar-refractivity contribution in [3.63, 3.8) is 0 Å². The summed E-state index contributed by atoms with van der Waals surface area (Å²) in [5.74, 6) is -3.34. The molecule has 0 spiro atoms. The highest BCUT2D eigenvalue weighted by molar-refractivity contribution is 7.71. The number of hydrogen-bond donors (Lipinski definition) is 1. The van der Waals surface area contributed by atoms with Gasteiger partial charge in [0, 0.05) is 17.5 Å². The fourth-order valence-corrected chi connectivity index (χ4v) is 1.95. The lowest BCUT2D eigenvalue weighted by Crippen LogP contribution is -2.01. The van der Waals surface area contributed by atoms with Crippen molar-refractivity contribution < 1.29 is 13.2 Å². The molecule has 0 amide bonds. The highest BCUT2D eigenvalue weighted by Crippen LogP contribution is 2.25. The van der Waals surface area contributed by atoms with Gasteiger partial charge in [-0.1, -0.05) is 19.1 Å². The maximum atomic E-state index is 13.3. The molecule has 19 heavy (non-hydrogen) atoms. The summed E-state index contributed by atoms with van der Waals surface area (Å²) in [5.41, 5.74) is 1.25. The quantitative estimate of drug-likeness (QED) is 0.664. The van der Waals surface area contributed by atoms with E-state index < -0.39 is 17.5 Å². The molecule has 0 radical (unpaired) electrons. The second-order valence-corrected chi connectivity index (χ2v) is 4.48. The van der Waals surface area contributed by atoms with E-state index in [4.69, 9.17) is 12.2 Å². The first-order valence-electron chi connectivity index (χ1n) is 5.68. The molecular formula is C13H11F3N2S. The molecule has 1 aromatic carbocycles. The van der Waals surface area contributed by atoms with Crippen molar-refractivity contribution in [2.75, 3.05) is 0 Å². The van der Waals surface area contributed by atoms with Crippen molar-refractivity contribution >= 4 is 12.2 Å². The average Bonchev–Trinajstić information content (AvgIpc) is 2.38. The van der Waals surface area contributed by atoms with E-state index >= 15 is 0 Å². The van der Waals surface area contributed by atoms with Gasteiger partial charge in [-0.25, -0.2) is 18.2 Å². The lowest BCUT2D eigenvalue weighted by atomic mass is 10.1. The van der Waals surface area contributed by atoms with Crippen LogP contribution in [0.4, 0.5) is 13.2 Å². The van der Waals surface area contributed by atoms with Gasteiger partial charge in [-0.05, 0) is 19.1 Å². The summed E-state index contributed by atoms with van der Waals surface area (Å²) in [6, 6.07) is 1.87. The van der Waals surface area contributed by atoms with Gasteiger partial charge in [0.2, 0.25) is 0 Å². The van der Waals surface area contributed by atoms with Crippen LogP contribution in [0, 0.1) is 29.0 Å². The lowest BCUT2D eigenvalue weighted by molar-refractivity contribution is 0.447. The first-order chi connectivity index (χ1) is 8.93. The van der Waals surface area contributed by atoms with Crippen LogP contribution in [-0.4, -0.2) is 9.97 Å². The van der Waals surface area contributed by atoms with Crippen molar-refractivity contribution in [3.05, 3.63) is 45.6 Å².